The zero-order valence-corrected chi connectivity index (χ0v) is 7.44. The number of fused-ring (bicyclic) bond motifs is 2. The van der Waals surface area contributed by atoms with Crippen LogP contribution in [0.2, 0.25) is 0 Å². The Morgan fingerprint density at radius 2 is 1.21 bits per heavy atom. The summed E-state index contributed by atoms with van der Waals surface area (Å²) in [5.74, 6) is 1.75. The number of ether oxygens (including phenoxy) is 2. The second-order valence-electron chi connectivity index (χ2n) is 3.15. The molecule has 0 atom stereocenters. The number of allylic oxidation sites excluding steroid dienone is 2. The van der Waals surface area contributed by atoms with Crippen LogP contribution in [-0.2, 0) is 0 Å². The van der Waals surface area contributed by atoms with Crippen molar-refractivity contribution in [3.8, 4) is 11.5 Å². The Morgan fingerprint density at radius 1 is 0.714 bits per heavy atom. The largest absolute Gasteiger partial charge is 0.464 e. The molecule has 1 aromatic rings. The molecule has 2 aliphatic rings. The number of benzene rings is 1. The average Bonchev–Trinajstić information content (AvgIpc) is 2.26. The lowest BCUT2D eigenvalue weighted by Crippen LogP contribution is -2.17. The van der Waals surface area contributed by atoms with Crippen molar-refractivity contribution < 1.29 is 9.47 Å². The third-order valence-electron chi connectivity index (χ3n) is 2.24. The van der Waals surface area contributed by atoms with Gasteiger partial charge >= 0.3 is 0 Å². The topological polar surface area (TPSA) is 18.5 Å². The van der Waals surface area contributed by atoms with E-state index >= 15 is 0 Å². The Balaban J connectivity index is 2.35. The van der Waals surface area contributed by atoms with Gasteiger partial charge in [0.1, 0.15) is 11.5 Å². The van der Waals surface area contributed by atoms with Crippen LogP contribution in [-0.4, -0.2) is 0 Å². The van der Waals surface area contributed by atoms with Crippen molar-refractivity contribution in [1.29, 1.82) is 0 Å². The molecule has 2 heterocycles. The number of hydrogen-bond donors (Lipinski definition) is 0. The zero-order valence-electron chi connectivity index (χ0n) is 7.44. The van der Waals surface area contributed by atoms with Gasteiger partial charge in [-0.3, -0.25) is 0 Å². The first-order valence-corrected chi connectivity index (χ1v) is 4.45. The minimum atomic E-state index is 0.876. The van der Waals surface area contributed by atoms with Gasteiger partial charge < -0.3 is 9.47 Å². The maximum absolute atomic E-state index is 5.38. The number of rotatable bonds is 0. The molecule has 0 spiro atoms. The summed E-state index contributed by atoms with van der Waals surface area (Å²) in [6.45, 7) is 0. The van der Waals surface area contributed by atoms with E-state index in [1.54, 1.807) is 12.5 Å². The van der Waals surface area contributed by atoms with Crippen LogP contribution >= 0.6 is 0 Å². The zero-order chi connectivity index (χ0) is 9.38. The highest BCUT2D eigenvalue weighted by Gasteiger charge is 2.05. The minimum absolute atomic E-state index is 0.876. The molecule has 3 rings (SSSR count). The molecular formula is C12H8O2. The van der Waals surface area contributed by atoms with Crippen molar-refractivity contribution in [1.82, 2.24) is 0 Å². The fourth-order valence-electron chi connectivity index (χ4n) is 1.57. The van der Waals surface area contributed by atoms with Gasteiger partial charge in [-0.1, -0.05) is 0 Å². The van der Waals surface area contributed by atoms with E-state index in [0.29, 0.717) is 0 Å². The Bertz CT molecular complexity index is 499. The Morgan fingerprint density at radius 3 is 1.71 bits per heavy atom. The Labute approximate surface area is 81.1 Å². The lowest BCUT2D eigenvalue weighted by molar-refractivity contribution is 0.457. The van der Waals surface area contributed by atoms with Gasteiger partial charge in [0.2, 0.25) is 0 Å². The summed E-state index contributed by atoms with van der Waals surface area (Å²) in [5.41, 5.74) is 0. The van der Waals surface area contributed by atoms with Crippen molar-refractivity contribution in [2.45, 2.75) is 0 Å². The van der Waals surface area contributed by atoms with Crippen LogP contribution in [0, 0.1) is 0 Å². The van der Waals surface area contributed by atoms with E-state index in [2.05, 4.69) is 0 Å². The second-order valence-corrected chi connectivity index (χ2v) is 3.15. The highest BCUT2D eigenvalue weighted by Crippen LogP contribution is 2.11. The maximum Gasteiger partial charge on any atom is 0.134 e. The maximum atomic E-state index is 5.38. The predicted molar refractivity (Wildman–Crippen MR) is 54.2 cm³/mol. The van der Waals surface area contributed by atoms with Crippen molar-refractivity contribution >= 4 is 12.2 Å². The molecule has 1 aromatic carbocycles. The predicted octanol–water partition coefficient (Wildman–Crippen LogP) is 1.06. The van der Waals surface area contributed by atoms with E-state index in [0.717, 1.165) is 21.9 Å². The molecule has 68 valence electrons. The summed E-state index contributed by atoms with van der Waals surface area (Å²) in [6, 6.07) is 3.96. The molecule has 0 fully saturated rings. The van der Waals surface area contributed by atoms with Crippen molar-refractivity contribution in [2.75, 3.05) is 0 Å². The van der Waals surface area contributed by atoms with Crippen LogP contribution in [0.3, 0.4) is 0 Å². The monoisotopic (exact) mass is 184 g/mol. The van der Waals surface area contributed by atoms with Crippen LogP contribution in [0.15, 0.2) is 36.8 Å². The molecular weight excluding hydrogens is 176 g/mol. The van der Waals surface area contributed by atoms with Crippen LogP contribution in [0.5, 0.6) is 11.5 Å². The Hall–Kier alpha value is -1.96. The second kappa shape index (κ2) is 2.77. The molecule has 14 heavy (non-hydrogen) atoms. The van der Waals surface area contributed by atoms with Gasteiger partial charge in [-0.2, -0.15) is 0 Å². The standard InChI is InChI=1S/C12H8O2/c1-3-9-7-12-10(4-2-6-14-12)8-11(9)13-5-1/h1-8H. The summed E-state index contributed by atoms with van der Waals surface area (Å²) in [4.78, 5) is 0. The first-order chi connectivity index (χ1) is 6.93. The van der Waals surface area contributed by atoms with Gasteiger partial charge in [-0.25, -0.2) is 0 Å². The lowest BCUT2D eigenvalue weighted by Gasteiger charge is -2.10. The normalized spacial score (nSPS) is 15.4. The van der Waals surface area contributed by atoms with Gasteiger partial charge in [-0.05, 0) is 36.4 Å². The van der Waals surface area contributed by atoms with Crippen molar-refractivity contribution in [3.63, 3.8) is 0 Å². The summed E-state index contributed by atoms with van der Waals surface area (Å²) in [6.07, 6.45) is 11.1. The van der Waals surface area contributed by atoms with Crippen molar-refractivity contribution in [3.05, 3.63) is 47.2 Å². The summed E-state index contributed by atoms with van der Waals surface area (Å²) in [5, 5.41) is 2.10. The fraction of sp³-hybridized carbons (Fsp3) is 0. The molecule has 0 amide bonds. The molecule has 2 nitrogen and oxygen atoms in total. The molecule has 2 aliphatic heterocycles. The highest BCUT2D eigenvalue weighted by molar-refractivity contribution is 5.53. The quantitative estimate of drug-likeness (QED) is 0.600. The van der Waals surface area contributed by atoms with E-state index in [-0.39, 0.29) is 0 Å². The number of hydrogen-bond acceptors (Lipinski definition) is 2. The van der Waals surface area contributed by atoms with Gasteiger partial charge in [0, 0.05) is 10.4 Å². The molecule has 0 radical (unpaired) electrons. The fourth-order valence-corrected chi connectivity index (χ4v) is 1.57. The third kappa shape index (κ3) is 1.04. The van der Waals surface area contributed by atoms with Gasteiger partial charge in [0.25, 0.3) is 0 Å². The van der Waals surface area contributed by atoms with E-state index < -0.39 is 0 Å². The molecule has 0 saturated heterocycles. The first-order valence-electron chi connectivity index (χ1n) is 4.45. The van der Waals surface area contributed by atoms with E-state index in [1.807, 2.05) is 36.4 Å². The molecule has 0 unspecified atom stereocenters. The smallest absolute Gasteiger partial charge is 0.134 e. The summed E-state index contributed by atoms with van der Waals surface area (Å²) < 4.78 is 10.8. The molecule has 0 bridgehead atoms. The third-order valence-corrected chi connectivity index (χ3v) is 2.24. The molecule has 0 aromatic heterocycles. The molecule has 0 saturated carbocycles. The molecule has 0 N–H and O–H groups in total. The first kappa shape index (κ1) is 7.44. The molecule has 0 aliphatic carbocycles. The minimum Gasteiger partial charge on any atom is -0.464 e. The average molecular weight is 184 g/mol. The van der Waals surface area contributed by atoms with Crippen LogP contribution in [0.25, 0.3) is 12.2 Å². The van der Waals surface area contributed by atoms with Gasteiger partial charge in [0.15, 0.2) is 0 Å². The lowest BCUT2D eigenvalue weighted by atomic mass is 10.1. The van der Waals surface area contributed by atoms with Crippen LogP contribution < -0.4 is 19.9 Å². The van der Waals surface area contributed by atoms with Crippen LogP contribution in [0.4, 0.5) is 0 Å². The van der Waals surface area contributed by atoms with E-state index in [9.17, 15) is 0 Å². The summed E-state index contributed by atoms with van der Waals surface area (Å²) >= 11 is 0. The SMILES string of the molecule is C1=COc2cc3c(cc2=C1)OC=CC=3. The molecule has 2 heteroatoms. The Kier molecular flexibility index (Phi) is 1.47. The van der Waals surface area contributed by atoms with Crippen LogP contribution in [0.1, 0.15) is 0 Å². The van der Waals surface area contributed by atoms with Gasteiger partial charge in [-0.15, -0.1) is 0 Å². The summed E-state index contributed by atoms with van der Waals surface area (Å²) in [7, 11) is 0. The van der Waals surface area contributed by atoms with Gasteiger partial charge in [0.05, 0.1) is 12.5 Å². The highest BCUT2D eigenvalue weighted by atomic mass is 16.5. The van der Waals surface area contributed by atoms with Crippen molar-refractivity contribution in [2.24, 2.45) is 0 Å². The van der Waals surface area contributed by atoms with E-state index in [4.69, 9.17) is 9.47 Å². The van der Waals surface area contributed by atoms with E-state index in [1.165, 1.54) is 0 Å².